The van der Waals surface area contributed by atoms with Gasteiger partial charge in [0.15, 0.2) is 0 Å². The van der Waals surface area contributed by atoms with Gasteiger partial charge in [0, 0.05) is 25.4 Å². The molecule has 0 atom stereocenters. The van der Waals surface area contributed by atoms with Crippen LogP contribution in [0.2, 0.25) is 0 Å². The second-order valence-electron chi connectivity index (χ2n) is 5.53. The van der Waals surface area contributed by atoms with E-state index in [0.29, 0.717) is 12.1 Å². The number of nitrogens with zero attached hydrogens (tertiary/aromatic N) is 1. The molecule has 0 spiro atoms. The van der Waals surface area contributed by atoms with Crippen molar-refractivity contribution in [2.45, 2.75) is 26.7 Å². The molecule has 1 heterocycles. The fourth-order valence-electron chi connectivity index (χ4n) is 1.62. The Labute approximate surface area is 119 Å². The molecule has 0 aliphatic carbocycles. The maximum Gasteiger partial charge on any atom is 0.243 e. The highest BCUT2D eigenvalue weighted by atomic mass is 16.3. The number of carbonyl (C=O) groups is 1. The molecule has 0 aliphatic heterocycles. The molecule has 3 N–H and O–H groups in total. The summed E-state index contributed by atoms with van der Waals surface area (Å²) in [5.41, 5.74) is 0.565. The van der Waals surface area contributed by atoms with Crippen LogP contribution in [0.4, 0.5) is 0 Å². The predicted octanol–water partition coefficient (Wildman–Crippen LogP) is 1.72. The zero-order chi connectivity index (χ0) is 15.0. The Hall–Kier alpha value is -1.88. The molecule has 0 aromatic carbocycles. The lowest BCUT2D eigenvalue weighted by molar-refractivity contribution is -0.116. The first-order valence-electron chi connectivity index (χ1n) is 6.64. The summed E-state index contributed by atoms with van der Waals surface area (Å²) in [6, 6.07) is 1.53. The summed E-state index contributed by atoms with van der Waals surface area (Å²) in [6.45, 7) is 4.70. The van der Waals surface area contributed by atoms with E-state index in [1.54, 1.807) is 12.3 Å². The highest BCUT2D eigenvalue weighted by molar-refractivity contribution is 5.91. The summed E-state index contributed by atoms with van der Waals surface area (Å²) in [5, 5.41) is 21.1. The van der Waals surface area contributed by atoms with Crippen LogP contribution in [0, 0.1) is 5.41 Å². The zero-order valence-electron chi connectivity index (χ0n) is 12.0. The van der Waals surface area contributed by atoms with Crippen LogP contribution >= 0.6 is 0 Å². The fourth-order valence-corrected chi connectivity index (χ4v) is 1.62. The average Bonchev–Trinajstić information content (AvgIpc) is 2.41. The number of aliphatic hydroxyl groups is 1. The first kappa shape index (κ1) is 16.2. The number of carbonyl (C=O) groups excluding carboxylic acids is 1. The number of nitrogens with one attached hydrogen (secondary N) is 1. The van der Waals surface area contributed by atoms with Crippen molar-refractivity contribution in [3.8, 4) is 5.75 Å². The van der Waals surface area contributed by atoms with E-state index in [2.05, 4.69) is 10.3 Å². The Kier molecular flexibility index (Phi) is 6.18. The molecule has 1 aromatic rings. The molecule has 0 unspecified atom stereocenters. The van der Waals surface area contributed by atoms with E-state index < -0.39 is 0 Å². The van der Waals surface area contributed by atoms with Gasteiger partial charge in [0.2, 0.25) is 5.91 Å². The van der Waals surface area contributed by atoms with Gasteiger partial charge in [-0.1, -0.05) is 13.8 Å². The van der Waals surface area contributed by atoms with E-state index in [9.17, 15) is 9.90 Å². The maximum atomic E-state index is 11.6. The summed E-state index contributed by atoms with van der Waals surface area (Å²) in [5.74, 6) is -0.117. The minimum Gasteiger partial charge on any atom is -0.506 e. The number of pyridine rings is 1. The van der Waals surface area contributed by atoms with Crippen molar-refractivity contribution < 1.29 is 15.0 Å². The van der Waals surface area contributed by atoms with Crippen molar-refractivity contribution in [1.82, 2.24) is 10.3 Å². The van der Waals surface area contributed by atoms with Crippen molar-refractivity contribution in [1.29, 1.82) is 0 Å². The van der Waals surface area contributed by atoms with Gasteiger partial charge in [0.25, 0.3) is 0 Å². The van der Waals surface area contributed by atoms with E-state index in [0.717, 1.165) is 12.8 Å². The SMILES string of the molecule is CC(C)(CO)CCCNC(=O)/C=C/c1cncc(O)c1. The summed E-state index contributed by atoms with van der Waals surface area (Å²) < 4.78 is 0. The van der Waals surface area contributed by atoms with Crippen LogP contribution in [0.3, 0.4) is 0 Å². The minimum atomic E-state index is -0.185. The highest BCUT2D eigenvalue weighted by Gasteiger charge is 2.15. The van der Waals surface area contributed by atoms with E-state index in [1.165, 1.54) is 18.3 Å². The quantitative estimate of drug-likeness (QED) is 0.524. The maximum absolute atomic E-state index is 11.6. The predicted molar refractivity (Wildman–Crippen MR) is 78.0 cm³/mol. The van der Waals surface area contributed by atoms with Crippen LogP contribution in [0.1, 0.15) is 32.3 Å². The molecule has 1 amide bonds. The number of hydrogen-bond donors (Lipinski definition) is 3. The minimum absolute atomic E-state index is 0.0683. The Morgan fingerprint density at radius 2 is 2.20 bits per heavy atom. The van der Waals surface area contributed by atoms with Gasteiger partial charge in [-0.25, -0.2) is 0 Å². The molecular formula is C15H22N2O3. The van der Waals surface area contributed by atoms with Crippen molar-refractivity contribution in [2.75, 3.05) is 13.2 Å². The fraction of sp³-hybridized carbons (Fsp3) is 0.467. The van der Waals surface area contributed by atoms with Gasteiger partial charge in [0.05, 0.1) is 6.20 Å². The molecule has 1 aromatic heterocycles. The van der Waals surface area contributed by atoms with Crippen LogP contribution in [0.15, 0.2) is 24.5 Å². The molecule has 0 saturated carbocycles. The van der Waals surface area contributed by atoms with Crippen molar-refractivity contribution >= 4 is 12.0 Å². The first-order valence-corrected chi connectivity index (χ1v) is 6.64. The van der Waals surface area contributed by atoms with Crippen LogP contribution in [0.25, 0.3) is 6.08 Å². The Morgan fingerprint density at radius 3 is 2.85 bits per heavy atom. The van der Waals surface area contributed by atoms with Gasteiger partial charge in [-0.15, -0.1) is 0 Å². The zero-order valence-corrected chi connectivity index (χ0v) is 12.0. The first-order chi connectivity index (χ1) is 9.43. The van der Waals surface area contributed by atoms with E-state index in [4.69, 9.17) is 5.11 Å². The Morgan fingerprint density at radius 1 is 1.45 bits per heavy atom. The van der Waals surface area contributed by atoms with Crippen LogP contribution in [-0.2, 0) is 4.79 Å². The molecule has 0 radical (unpaired) electrons. The molecule has 0 aliphatic rings. The molecule has 0 saturated heterocycles. The lowest BCUT2D eigenvalue weighted by Gasteiger charge is -2.20. The van der Waals surface area contributed by atoms with Gasteiger partial charge in [0.1, 0.15) is 5.75 Å². The van der Waals surface area contributed by atoms with Gasteiger partial charge in [-0.3, -0.25) is 9.78 Å². The summed E-state index contributed by atoms with van der Waals surface area (Å²) in [4.78, 5) is 15.4. The van der Waals surface area contributed by atoms with Crippen LogP contribution < -0.4 is 5.32 Å². The Balaban J connectivity index is 2.30. The van der Waals surface area contributed by atoms with Gasteiger partial charge in [-0.2, -0.15) is 0 Å². The van der Waals surface area contributed by atoms with Gasteiger partial charge < -0.3 is 15.5 Å². The second-order valence-corrected chi connectivity index (χ2v) is 5.53. The highest BCUT2D eigenvalue weighted by Crippen LogP contribution is 2.20. The summed E-state index contributed by atoms with van der Waals surface area (Å²) in [7, 11) is 0. The van der Waals surface area contributed by atoms with Crippen molar-refractivity contribution in [3.63, 3.8) is 0 Å². The third-order valence-electron chi connectivity index (χ3n) is 2.93. The molecule has 5 heteroatoms. The summed E-state index contributed by atoms with van der Waals surface area (Å²) in [6.07, 6.45) is 7.58. The lowest BCUT2D eigenvalue weighted by atomic mass is 9.89. The van der Waals surface area contributed by atoms with Gasteiger partial charge >= 0.3 is 0 Å². The summed E-state index contributed by atoms with van der Waals surface area (Å²) >= 11 is 0. The molecule has 110 valence electrons. The lowest BCUT2D eigenvalue weighted by Crippen LogP contribution is -2.24. The Bertz CT molecular complexity index is 470. The third-order valence-corrected chi connectivity index (χ3v) is 2.93. The van der Waals surface area contributed by atoms with Crippen molar-refractivity contribution in [2.24, 2.45) is 5.41 Å². The average molecular weight is 278 g/mol. The molecule has 0 bridgehead atoms. The second kappa shape index (κ2) is 7.65. The monoisotopic (exact) mass is 278 g/mol. The largest absolute Gasteiger partial charge is 0.506 e. The van der Waals surface area contributed by atoms with Crippen molar-refractivity contribution in [3.05, 3.63) is 30.1 Å². The van der Waals surface area contributed by atoms with E-state index >= 15 is 0 Å². The molecule has 5 nitrogen and oxygen atoms in total. The standard InChI is InChI=1S/C15H22N2O3/c1-15(2,11-18)6-3-7-17-14(20)5-4-12-8-13(19)10-16-9-12/h4-5,8-10,18-19H,3,6-7,11H2,1-2H3,(H,17,20)/b5-4+. The number of rotatable bonds is 7. The van der Waals surface area contributed by atoms with Gasteiger partial charge in [-0.05, 0) is 36.0 Å². The van der Waals surface area contributed by atoms with Crippen LogP contribution in [-0.4, -0.2) is 34.3 Å². The number of hydrogen-bond acceptors (Lipinski definition) is 4. The third kappa shape index (κ3) is 6.33. The molecular weight excluding hydrogens is 256 g/mol. The van der Waals surface area contributed by atoms with Crippen LogP contribution in [0.5, 0.6) is 5.75 Å². The smallest absolute Gasteiger partial charge is 0.243 e. The number of aliphatic hydroxyl groups excluding tert-OH is 1. The number of aromatic hydroxyl groups is 1. The topological polar surface area (TPSA) is 82.5 Å². The normalized spacial score (nSPS) is 11.8. The van der Waals surface area contributed by atoms with E-state index in [-0.39, 0.29) is 23.7 Å². The number of aromatic nitrogens is 1. The molecule has 0 fully saturated rings. The van der Waals surface area contributed by atoms with E-state index in [1.807, 2.05) is 13.8 Å². The molecule has 1 rings (SSSR count). The molecule has 20 heavy (non-hydrogen) atoms. The number of amides is 1.